The van der Waals surface area contributed by atoms with Crippen LogP contribution in [0.1, 0.15) is 22.0 Å². The summed E-state index contributed by atoms with van der Waals surface area (Å²) >= 11 is 5.44. The van der Waals surface area contributed by atoms with E-state index in [2.05, 4.69) is 63.9 Å². The van der Waals surface area contributed by atoms with Gasteiger partial charge < -0.3 is 5.32 Å². The highest BCUT2D eigenvalue weighted by molar-refractivity contribution is 9.10. The minimum absolute atomic E-state index is 0.397. The lowest BCUT2D eigenvalue weighted by molar-refractivity contribution is 0.598. The Kier molecular flexibility index (Phi) is 4.37. The zero-order chi connectivity index (χ0) is 12.3. The minimum atomic E-state index is 0.397. The number of thiophene rings is 1. The van der Waals surface area contributed by atoms with Crippen LogP contribution in [0.25, 0.3) is 0 Å². The number of likely N-dealkylation sites (N-methyl/N-ethyl adjacent to an activating group) is 1. The molecule has 0 aliphatic rings. The van der Waals surface area contributed by atoms with Gasteiger partial charge in [-0.05, 0) is 49.0 Å². The molecule has 0 fully saturated rings. The van der Waals surface area contributed by atoms with Crippen LogP contribution < -0.4 is 5.32 Å². The molecule has 0 amide bonds. The van der Waals surface area contributed by atoms with Crippen LogP contribution in [0.5, 0.6) is 0 Å². The fourth-order valence-corrected chi connectivity index (χ4v) is 3.44. The Morgan fingerprint density at radius 2 is 2.06 bits per heavy atom. The summed E-state index contributed by atoms with van der Waals surface area (Å²) in [4.78, 5) is 1.43. The summed E-state index contributed by atoms with van der Waals surface area (Å²) in [5, 5.41) is 5.57. The Balaban J connectivity index is 2.22. The van der Waals surface area contributed by atoms with Crippen LogP contribution in [0.3, 0.4) is 0 Å². The average molecular weight is 310 g/mol. The van der Waals surface area contributed by atoms with Crippen molar-refractivity contribution in [1.82, 2.24) is 5.32 Å². The van der Waals surface area contributed by atoms with E-state index in [4.69, 9.17) is 0 Å². The van der Waals surface area contributed by atoms with Crippen LogP contribution in [0.15, 0.2) is 40.2 Å². The minimum Gasteiger partial charge on any atom is -0.312 e. The van der Waals surface area contributed by atoms with Gasteiger partial charge in [-0.2, -0.15) is 0 Å². The molecule has 0 bridgehead atoms. The standard InChI is InChI=1S/C14H16BrNS/c1-10-7-8-17-14(10)13(16-2)9-11-5-3-4-6-12(11)15/h3-8,13,16H,9H2,1-2H3. The van der Waals surface area contributed by atoms with E-state index in [1.807, 2.05) is 18.4 Å². The smallest absolute Gasteiger partial charge is 0.0456 e. The molecule has 1 aromatic heterocycles. The maximum absolute atomic E-state index is 3.61. The van der Waals surface area contributed by atoms with Gasteiger partial charge >= 0.3 is 0 Å². The molecule has 0 saturated heterocycles. The van der Waals surface area contributed by atoms with Crippen molar-refractivity contribution in [2.24, 2.45) is 0 Å². The Morgan fingerprint density at radius 3 is 2.65 bits per heavy atom. The molecule has 1 aromatic carbocycles. The molecule has 1 unspecified atom stereocenters. The Hall–Kier alpha value is -0.640. The maximum atomic E-state index is 3.61. The van der Waals surface area contributed by atoms with Crippen molar-refractivity contribution < 1.29 is 0 Å². The number of rotatable bonds is 4. The number of hydrogen-bond donors (Lipinski definition) is 1. The summed E-state index contributed by atoms with van der Waals surface area (Å²) in [6.45, 7) is 2.18. The second-order valence-corrected chi connectivity index (χ2v) is 5.91. The van der Waals surface area contributed by atoms with E-state index in [-0.39, 0.29) is 0 Å². The second kappa shape index (κ2) is 5.80. The second-order valence-electron chi connectivity index (χ2n) is 4.10. The Morgan fingerprint density at radius 1 is 1.29 bits per heavy atom. The Labute approximate surface area is 115 Å². The third kappa shape index (κ3) is 2.97. The summed E-state index contributed by atoms with van der Waals surface area (Å²) in [5.41, 5.74) is 2.72. The normalized spacial score (nSPS) is 12.6. The molecule has 1 nitrogen and oxygen atoms in total. The first kappa shape index (κ1) is 12.8. The molecule has 90 valence electrons. The van der Waals surface area contributed by atoms with E-state index in [0.717, 1.165) is 6.42 Å². The largest absolute Gasteiger partial charge is 0.312 e. The van der Waals surface area contributed by atoms with Crippen molar-refractivity contribution >= 4 is 27.3 Å². The highest BCUT2D eigenvalue weighted by atomic mass is 79.9. The van der Waals surface area contributed by atoms with Crippen LogP contribution in [-0.4, -0.2) is 7.05 Å². The molecule has 2 aromatic rings. The summed E-state index contributed by atoms with van der Waals surface area (Å²) in [6, 6.07) is 11.0. The highest BCUT2D eigenvalue weighted by Gasteiger charge is 2.14. The molecular formula is C14H16BrNS. The van der Waals surface area contributed by atoms with Gasteiger partial charge in [0.05, 0.1) is 0 Å². The zero-order valence-electron chi connectivity index (χ0n) is 10.0. The summed E-state index contributed by atoms with van der Waals surface area (Å²) in [5.74, 6) is 0. The van der Waals surface area contributed by atoms with Crippen molar-refractivity contribution in [1.29, 1.82) is 0 Å². The Bertz CT molecular complexity index is 492. The van der Waals surface area contributed by atoms with E-state index in [1.54, 1.807) is 0 Å². The molecule has 2 rings (SSSR count). The SMILES string of the molecule is CNC(Cc1ccccc1Br)c1sccc1C. The van der Waals surface area contributed by atoms with Gasteiger partial charge in [0.1, 0.15) is 0 Å². The molecule has 1 heterocycles. The van der Waals surface area contributed by atoms with E-state index in [0.29, 0.717) is 6.04 Å². The fourth-order valence-electron chi connectivity index (χ4n) is 1.95. The van der Waals surface area contributed by atoms with Crippen LogP contribution in [-0.2, 0) is 6.42 Å². The molecule has 17 heavy (non-hydrogen) atoms. The van der Waals surface area contributed by atoms with Gasteiger partial charge in [-0.15, -0.1) is 11.3 Å². The van der Waals surface area contributed by atoms with Gasteiger partial charge in [0.25, 0.3) is 0 Å². The summed E-state index contributed by atoms with van der Waals surface area (Å²) in [7, 11) is 2.03. The third-order valence-electron chi connectivity index (χ3n) is 2.95. The quantitative estimate of drug-likeness (QED) is 0.886. The monoisotopic (exact) mass is 309 g/mol. The van der Waals surface area contributed by atoms with Gasteiger partial charge in [0.15, 0.2) is 0 Å². The van der Waals surface area contributed by atoms with Gasteiger partial charge in [-0.1, -0.05) is 34.1 Å². The van der Waals surface area contributed by atoms with E-state index in [1.165, 1.54) is 20.5 Å². The van der Waals surface area contributed by atoms with Crippen LogP contribution in [0, 0.1) is 6.92 Å². The van der Waals surface area contributed by atoms with E-state index >= 15 is 0 Å². The third-order valence-corrected chi connectivity index (χ3v) is 4.85. The van der Waals surface area contributed by atoms with Crippen molar-refractivity contribution in [2.75, 3.05) is 7.05 Å². The van der Waals surface area contributed by atoms with Crippen LogP contribution >= 0.6 is 27.3 Å². The first-order valence-corrected chi connectivity index (χ1v) is 7.34. The first-order valence-electron chi connectivity index (χ1n) is 5.67. The molecule has 0 spiro atoms. The summed E-state index contributed by atoms with van der Waals surface area (Å²) in [6.07, 6.45) is 1.01. The zero-order valence-corrected chi connectivity index (χ0v) is 12.4. The van der Waals surface area contributed by atoms with Gasteiger partial charge in [-0.3, -0.25) is 0 Å². The topological polar surface area (TPSA) is 12.0 Å². The lowest BCUT2D eigenvalue weighted by atomic mass is 10.0. The number of benzene rings is 1. The molecule has 0 saturated carbocycles. The fraction of sp³-hybridized carbons (Fsp3) is 0.286. The highest BCUT2D eigenvalue weighted by Crippen LogP contribution is 2.28. The van der Waals surface area contributed by atoms with Crippen molar-refractivity contribution in [3.63, 3.8) is 0 Å². The van der Waals surface area contributed by atoms with Crippen LogP contribution in [0.2, 0.25) is 0 Å². The first-order chi connectivity index (χ1) is 8.22. The molecule has 1 N–H and O–H groups in total. The molecule has 0 aliphatic carbocycles. The van der Waals surface area contributed by atoms with Gasteiger partial charge in [-0.25, -0.2) is 0 Å². The van der Waals surface area contributed by atoms with Gasteiger partial charge in [0.2, 0.25) is 0 Å². The number of hydrogen-bond acceptors (Lipinski definition) is 2. The number of nitrogens with one attached hydrogen (secondary N) is 1. The predicted molar refractivity (Wildman–Crippen MR) is 78.7 cm³/mol. The summed E-state index contributed by atoms with van der Waals surface area (Å²) < 4.78 is 1.19. The number of halogens is 1. The number of aryl methyl sites for hydroxylation is 1. The average Bonchev–Trinajstić information content (AvgIpc) is 2.75. The molecule has 0 aliphatic heterocycles. The molecule has 3 heteroatoms. The van der Waals surface area contributed by atoms with E-state index in [9.17, 15) is 0 Å². The van der Waals surface area contributed by atoms with Gasteiger partial charge in [0, 0.05) is 15.4 Å². The predicted octanol–water partition coefficient (Wildman–Crippen LogP) is 4.32. The molecule has 0 radical (unpaired) electrons. The van der Waals surface area contributed by atoms with Crippen molar-refractivity contribution in [3.8, 4) is 0 Å². The molecule has 1 atom stereocenters. The van der Waals surface area contributed by atoms with Crippen molar-refractivity contribution in [2.45, 2.75) is 19.4 Å². The van der Waals surface area contributed by atoms with Crippen LogP contribution in [0.4, 0.5) is 0 Å². The van der Waals surface area contributed by atoms with Crippen molar-refractivity contribution in [3.05, 3.63) is 56.2 Å². The molecular weight excluding hydrogens is 294 g/mol. The lowest BCUT2D eigenvalue weighted by Gasteiger charge is -2.16. The van der Waals surface area contributed by atoms with E-state index < -0.39 is 0 Å². The maximum Gasteiger partial charge on any atom is 0.0456 e. The lowest BCUT2D eigenvalue weighted by Crippen LogP contribution is -2.18.